The molecule has 0 spiro atoms. The summed E-state index contributed by atoms with van der Waals surface area (Å²) in [6.07, 6.45) is 21.0. The Hall–Kier alpha value is 0.471. The number of hydrogen-bond acceptors (Lipinski definition) is 0. The second-order valence-electron chi connectivity index (χ2n) is 6.57. The Bertz CT molecular complexity index is 458. The molecule has 2 aliphatic rings. The van der Waals surface area contributed by atoms with Crippen LogP contribution in [0.1, 0.15) is 79.1 Å². The molecular weight excluding hydrogens is 411 g/mol. The Labute approximate surface area is 188 Å². The van der Waals surface area contributed by atoms with Crippen molar-refractivity contribution < 1.29 is 44.0 Å². The van der Waals surface area contributed by atoms with Crippen LogP contribution in [0, 0.1) is 12.2 Å². The van der Waals surface area contributed by atoms with Crippen molar-refractivity contribution in [2.24, 2.45) is 0 Å². The largest absolute Gasteiger partial charge is 1.00 e. The first kappa shape index (κ1) is 31.2. The zero-order valence-corrected chi connectivity index (χ0v) is 21.6. The molecule has 4 heteroatoms. The van der Waals surface area contributed by atoms with E-state index in [1.165, 1.54) is 49.7 Å². The van der Waals surface area contributed by atoms with Gasteiger partial charge in [0, 0.05) is 0 Å². The van der Waals surface area contributed by atoms with Crippen molar-refractivity contribution in [1.29, 1.82) is 0 Å². The van der Waals surface area contributed by atoms with Crippen LogP contribution in [0.2, 0.25) is 13.1 Å². The summed E-state index contributed by atoms with van der Waals surface area (Å²) in [5.74, 6) is 0. The summed E-state index contributed by atoms with van der Waals surface area (Å²) in [5.41, 5.74) is 5.95. The first-order valence-corrected chi connectivity index (χ1v) is 14.4. The van der Waals surface area contributed by atoms with Crippen LogP contribution in [0.25, 0.3) is 0 Å². The zero-order valence-electron chi connectivity index (χ0n) is 17.6. The quantitative estimate of drug-likeness (QED) is 0.426. The molecule has 0 amide bonds. The third-order valence-electron chi connectivity index (χ3n) is 3.79. The summed E-state index contributed by atoms with van der Waals surface area (Å²) in [5, 5.41) is 0. The molecule has 0 saturated heterocycles. The van der Waals surface area contributed by atoms with E-state index in [0.29, 0.717) is 0 Å². The summed E-state index contributed by atoms with van der Waals surface area (Å²) in [6.45, 7) is 13.4. The van der Waals surface area contributed by atoms with Crippen molar-refractivity contribution in [3.63, 3.8) is 0 Å². The maximum atomic E-state index is 3.38. The SMILES string of the molecule is CCCC1=[C-]CC(CC)=C1.CCCC1=[C-]CC(CC)=C1.C[Si](C)=[Ti+2].[Cl-].[Cl-]. The maximum absolute atomic E-state index is 3.38. The molecule has 0 atom stereocenters. The molecule has 0 N–H and O–H groups in total. The van der Waals surface area contributed by atoms with E-state index in [9.17, 15) is 0 Å². The van der Waals surface area contributed by atoms with Gasteiger partial charge in [0.1, 0.15) is 0 Å². The fourth-order valence-electron chi connectivity index (χ4n) is 2.46. The van der Waals surface area contributed by atoms with Gasteiger partial charge in [-0.3, -0.25) is 12.2 Å². The Balaban J connectivity index is -0.000000319. The smallest absolute Gasteiger partial charge is 1.00 e. The molecule has 0 aromatic heterocycles. The van der Waals surface area contributed by atoms with Crippen LogP contribution in [0.5, 0.6) is 0 Å². The van der Waals surface area contributed by atoms with Crippen molar-refractivity contribution in [3.8, 4) is 0 Å². The van der Waals surface area contributed by atoms with E-state index in [0.717, 1.165) is 12.8 Å². The molecule has 0 fully saturated rings. The minimum Gasteiger partial charge on any atom is -1.00 e. The van der Waals surface area contributed by atoms with Gasteiger partial charge in [-0.25, -0.2) is 23.3 Å². The molecule has 26 heavy (non-hydrogen) atoms. The van der Waals surface area contributed by atoms with Gasteiger partial charge in [0.15, 0.2) is 0 Å². The summed E-state index contributed by atoms with van der Waals surface area (Å²) in [7, 11) is 0. The van der Waals surface area contributed by atoms with E-state index in [-0.39, 0.29) is 31.0 Å². The van der Waals surface area contributed by atoms with E-state index in [1.807, 2.05) is 0 Å². The third kappa shape index (κ3) is 16.6. The molecule has 0 aromatic rings. The van der Waals surface area contributed by atoms with Crippen LogP contribution < -0.4 is 24.8 Å². The first-order valence-electron chi connectivity index (χ1n) is 9.56. The molecule has 0 nitrogen and oxygen atoms in total. The zero-order chi connectivity index (χ0) is 18.4. The molecule has 0 unspecified atom stereocenters. The van der Waals surface area contributed by atoms with Crippen LogP contribution in [0.15, 0.2) is 34.4 Å². The molecule has 0 heterocycles. The van der Waals surface area contributed by atoms with Gasteiger partial charge in [0.2, 0.25) is 0 Å². The molecule has 0 saturated carbocycles. The summed E-state index contributed by atoms with van der Waals surface area (Å²) in [4.78, 5) is 0. The van der Waals surface area contributed by atoms with Gasteiger partial charge >= 0.3 is 38.5 Å². The summed E-state index contributed by atoms with van der Waals surface area (Å²) in [6, 6.07) is 0. The number of hydrogen-bond donors (Lipinski definition) is 0. The van der Waals surface area contributed by atoms with Crippen LogP contribution in [-0.2, 0) is 19.2 Å². The monoisotopic (exact) mass is 446 g/mol. The molecule has 148 valence electrons. The van der Waals surface area contributed by atoms with Crippen LogP contribution in [0.3, 0.4) is 0 Å². The molecule has 0 bridgehead atoms. The second kappa shape index (κ2) is 20.2. The third-order valence-corrected chi connectivity index (χ3v) is 3.79. The van der Waals surface area contributed by atoms with Crippen molar-refractivity contribution in [1.82, 2.24) is 0 Å². The maximum Gasteiger partial charge on any atom is -1.00 e. The topological polar surface area (TPSA) is 0 Å². The Kier molecular flexibility index (Phi) is 24.2. The fourth-order valence-corrected chi connectivity index (χ4v) is 2.46. The first-order chi connectivity index (χ1) is 11.5. The van der Waals surface area contributed by atoms with Gasteiger partial charge in [-0.15, -0.1) is 12.8 Å². The normalized spacial score (nSPS) is 14.2. The van der Waals surface area contributed by atoms with E-state index in [4.69, 9.17) is 0 Å². The molecular formula is C22H36Cl2SiTi-2. The molecule has 0 radical (unpaired) electrons. The number of halogens is 2. The van der Waals surface area contributed by atoms with Crippen LogP contribution in [-0.4, -0.2) is 6.19 Å². The number of rotatable bonds is 6. The Morgan fingerprint density at radius 2 is 1.12 bits per heavy atom. The van der Waals surface area contributed by atoms with Gasteiger partial charge in [-0.2, -0.15) is 11.1 Å². The van der Waals surface area contributed by atoms with Crippen molar-refractivity contribution in [2.45, 2.75) is 92.2 Å². The molecule has 2 aliphatic carbocycles. The minimum absolute atomic E-state index is 0. The minimum atomic E-state index is 0. The van der Waals surface area contributed by atoms with E-state index >= 15 is 0 Å². The van der Waals surface area contributed by atoms with Crippen molar-refractivity contribution >= 4 is 6.19 Å². The van der Waals surface area contributed by atoms with Crippen molar-refractivity contribution in [2.75, 3.05) is 0 Å². The Morgan fingerprint density at radius 1 is 0.808 bits per heavy atom. The fraction of sp³-hybridized carbons (Fsp3) is 0.636. The van der Waals surface area contributed by atoms with Crippen LogP contribution in [0.4, 0.5) is 0 Å². The molecule has 0 aliphatic heterocycles. The predicted octanol–water partition coefficient (Wildman–Crippen LogP) is 1.30. The van der Waals surface area contributed by atoms with Gasteiger partial charge in [-0.1, -0.05) is 66.2 Å². The number of allylic oxidation sites excluding steroid dienone is 8. The standard InChI is InChI=1S/2C10H15.C2H6Si.2ClH.Ti/c2*1-3-5-10-7-6-9(4-2)8-10;1-3-2;;;/h2*8H,3-6H2,1-2H3;1-2H3;2*1H;/q2*-1;;;;+2/p-2. The second-order valence-corrected chi connectivity index (χ2v) is 13.3. The predicted molar refractivity (Wildman–Crippen MR) is 107 cm³/mol. The van der Waals surface area contributed by atoms with E-state index in [1.54, 1.807) is 11.1 Å². The summed E-state index contributed by atoms with van der Waals surface area (Å²) < 4.78 is 0. The summed E-state index contributed by atoms with van der Waals surface area (Å²) >= 11 is 2.27. The van der Waals surface area contributed by atoms with Gasteiger partial charge in [0.25, 0.3) is 0 Å². The van der Waals surface area contributed by atoms with E-state index < -0.39 is 0 Å². The van der Waals surface area contributed by atoms with Gasteiger partial charge in [-0.05, 0) is 0 Å². The molecule has 2 rings (SSSR count). The van der Waals surface area contributed by atoms with Crippen LogP contribution >= 0.6 is 0 Å². The average Bonchev–Trinajstić information content (AvgIpc) is 3.17. The van der Waals surface area contributed by atoms with Crippen molar-refractivity contribution in [3.05, 3.63) is 46.6 Å². The molecule has 0 aromatic carbocycles. The van der Waals surface area contributed by atoms with E-state index in [2.05, 4.69) is 84.3 Å². The van der Waals surface area contributed by atoms with Gasteiger partial charge < -0.3 is 24.8 Å². The average molecular weight is 447 g/mol. The Morgan fingerprint density at radius 3 is 1.31 bits per heavy atom. The van der Waals surface area contributed by atoms with Gasteiger partial charge in [0.05, 0.1) is 0 Å².